The molecule has 3 aromatic rings. The van der Waals surface area contributed by atoms with E-state index >= 15 is 0 Å². The fourth-order valence-corrected chi connectivity index (χ4v) is 2.98. The Hall–Kier alpha value is -3.32. The van der Waals surface area contributed by atoms with Crippen LogP contribution in [0.1, 0.15) is 16.7 Å². The summed E-state index contributed by atoms with van der Waals surface area (Å²) in [4.78, 5) is 2.24. The molecule has 0 saturated heterocycles. The highest BCUT2D eigenvalue weighted by atomic mass is 15.1. The van der Waals surface area contributed by atoms with E-state index in [1.54, 1.807) is 0 Å². The van der Waals surface area contributed by atoms with Crippen LogP contribution in [0.3, 0.4) is 0 Å². The Morgan fingerprint density at radius 1 is 0.480 bits per heavy atom. The van der Waals surface area contributed by atoms with Crippen molar-refractivity contribution < 1.29 is 0 Å². The smallest absolute Gasteiger partial charge is 0.0534 e. The molecule has 3 aromatic carbocycles. The van der Waals surface area contributed by atoms with Crippen molar-refractivity contribution in [3.8, 4) is 0 Å². The SMILES string of the molecule is C=Cc1ccccc1N(c1ccccc1C=C)c1ccccc1C=C. The summed E-state index contributed by atoms with van der Waals surface area (Å²) in [5.74, 6) is 0. The quantitative estimate of drug-likeness (QED) is 0.468. The predicted octanol–water partition coefficient (Wildman–Crippen LogP) is 7.09. The number of hydrogen-bond acceptors (Lipinski definition) is 1. The lowest BCUT2D eigenvalue weighted by molar-refractivity contribution is 1.26. The second-order valence-electron chi connectivity index (χ2n) is 5.62. The molecule has 3 rings (SSSR count). The van der Waals surface area contributed by atoms with Gasteiger partial charge in [0.05, 0.1) is 17.1 Å². The lowest BCUT2D eigenvalue weighted by Gasteiger charge is -2.29. The van der Waals surface area contributed by atoms with Gasteiger partial charge < -0.3 is 4.90 Å². The number of para-hydroxylation sites is 3. The Kier molecular flexibility index (Phi) is 4.96. The van der Waals surface area contributed by atoms with E-state index < -0.39 is 0 Å². The lowest BCUT2D eigenvalue weighted by Crippen LogP contribution is -2.13. The number of rotatable bonds is 6. The zero-order valence-corrected chi connectivity index (χ0v) is 14.2. The van der Waals surface area contributed by atoms with Gasteiger partial charge in [0, 0.05) is 0 Å². The van der Waals surface area contributed by atoms with Gasteiger partial charge in [-0.15, -0.1) is 0 Å². The van der Waals surface area contributed by atoms with Gasteiger partial charge in [0.1, 0.15) is 0 Å². The molecule has 0 N–H and O–H groups in total. The molecule has 0 aliphatic rings. The van der Waals surface area contributed by atoms with Gasteiger partial charge in [-0.1, -0.05) is 92.6 Å². The molecule has 0 unspecified atom stereocenters. The first-order valence-corrected chi connectivity index (χ1v) is 8.24. The Balaban J connectivity index is 2.34. The molecule has 25 heavy (non-hydrogen) atoms. The van der Waals surface area contributed by atoms with E-state index in [2.05, 4.69) is 61.0 Å². The number of benzene rings is 3. The molecular weight excluding hydrogens is 302 g/mol. The summed E-state index contributed by atoms with van der Waals surface area (Å²) in [6.07, 6.45) is 5.65. The summed E-state index contributed by atoms with van der Waals surface area (Å²) in [5.41, 5.74) is 6.42. The van der Waals surface area contributed by atoms with Crippen LogP contribution in [0.4, 0.5) is 17.1 Å². The van der Waals surface area contributed by atoms with Gasteiger partial charge in [0.15, 0.2) is 0 Å². The average Bonchev–Trinajstić information content (AvgIpc) is 2.69. The third-order valence-electron chi connectivity index (χ3n) is 4.19. The standard InChI is InChI=1S/C24H21N/c1-4-19-13-7-10-16-22(19)25(23-17-11-8-14-20(23)5-2)24-18-12-9-15-21(24)6-3/h4-18H,1-3H2. The minimum absolute atomic E-state index is 1.07. The van der Waals surface area contributed by atoms with E-state index in [9.17, 15) is 0 Å². The molecule has 0 radical (unpaired) electrons. The summed E-state index contributed by atoms with van der Waals surface area (Å²) in [7, 11) is 0. The second-order valence-corrected chi connectivity index (χ2v) is 5.62. The summed E-state index contributed by atoms with van der Waals surface area (Å²) in [6, 6.07) is 24.7. The third kappa shape index (κ3) is 3.17. The summed E-state index contributed by atoms with van der Waals surface area (Å²) in [5, 5.41) is 0. The van der Waals surface area contributed by atoms with Crippen molar-refractivity contribution in [3.63, 3.8) is 0 Å². The lowest BCUT2D eigenvalue weighted by atomic mass is 10.0. The van der Waals surface area contributed by atoms with Gasteiger partial charge in [-0.25, -0.2) is 0 Å². The number of anilines is 3. The van der Waals surface area contributed by atoms with Crippen molar-refractivity contribution >= 4 is 35.3 Å². The molecule has 0 saturated carbocycles. The molecule has 0 spiro atoms. The topological polar surface area (TPSA) is 3.24 Å². The molecule has 1 nitrogen and oxygen atoms in total. The zero-order valence-electron chi connectivity index (χ0n) is 14.2. The van der Waals surface area contributed by atoms with Crippen LogP contribution in [0.15, 0.2) is 92.5 Å². The van der Waals surface area contributed by atoms with Crippen LogP contribution in [0.2, 0.25) is 0 Å². The van der Waals surface area contributed by atoms with Gasteiger partial charge in [-0.2, -0.15) is 0 Å². The molecule has 0 aliphatic carbocycles. The van der Waals surface area contributed by atoms with E-state index in [0.29, 0.717) is 0 Å². The van der Waals surface area contributed by atoms with Crippen molar-refractivity contribution in [2.75, 3.05) is 4.90 Å². The minimum Gasteiger partial charge on any atom is -0.309 e. The van der Waals surface area contributed by atoms with Crippen LogP contribution >= 0.6 is 0 Å². The maximum atomic E-state index is 3.98. The summed E-state index contributed by atoms with van der Waals surface area (Å²) < 4.78 is 0. The van der Waals surface area contributed by atoms with Crippen LogP contribution < -0.4 is 4.90 Å². The number of nitrogens with zero attached hydrogens (tertiary/aromatic N) is 1. The average molecular weight is 323 g/mol. The highest BCUT2D eigenvalue weighted by molar-refractivity contribution is 5.88. The Morgan fingerprint density at radius 2 is 0.760 bits per heavy atom. The molecule has 0 fully saturated rings. The number of hydrogen-bond donors (Lipinski definition) is 0. The van der Waals surface area contributed by atoms with E-state index in [-0.39, 0.29) is 0 Å². The van der Waals surface area contributed by atoms with Gasteiger partial charge in [0.2, 0.25) is 0 Å². The molecule has 0 bridgehead atoms. The van der Waals surface area contributed by atoms with E-state index in [1.807, 2.05) is 54.6 Å². The Bertz CT molecular complexity index is 798. The van der Waals surface area contributed by atoms with Crippen LogP contribution in [0.5, 0.6) is 0 Å². The maximum absolute atomic E-state index is 3.98. The van der Waals surface area contributed by atoms with Gasteiger partial charge in [-0.3, -0.25) is 0 Å². The van der Waals surface area contributed by atoms with Crippen LogP contribution in [-0.4, -0.2) is 0 Å². The maximum Gasteiger partial charge on any atom is 0.0534 e. The molecule has 122 valence electrons. The fraction of sp³-hybridized carbons (Fsp3) is 0. The molecule has 0 atom stereocenters. The van der Waals surface area contributed by atoms with E-state index in [4.69, 9.17) is 0 Å². The molecule has 0 aromatic heterocycles. The van der Waals surface area contributed by atoms with Crippen molar-refractivity contribution in [2.24, 2.45) is 0 Å². The highest BCUT2D eigenvalue weighted by Gasteiger charge is 2.18. The van der Waals surface area contributed by atoms with Gasteiger partial charge >= 0.3 is 0 Å². The van der Waals surface area contributed by atoms with Crippen molar-refractivity contribution in [1.29, 1.82) is 0 Å². The van der Waals surface area contributed by atoms with Gasteiger partial charge in [0.25, 0.3) is 0 Å². The molecular formula is C24H21N. The monoisotopic (exact) mass is 323 g/mol. The first-order valence-electron chi connectivity index (χ1n) is 8.24. The van der Waals surface area contributed by atoms with E-state index in [0.717, 1.165) is 33.8 Å². The summed E-state index contributed by atoms with van der Waals surface area (Å²) in [6.45, 7) is 11.9. The fourth-order valence-electron chi connectivity index (χ4n) is 2.98. The first kappa shape index (κ1) is 16.5. The molecule has 0 aliphatic heterocycles. The second kappa shape index (κ2) is 7.50. The summed E-state index contributed by atoms with van der Waals surface area (Å²) >= 11 is 0. The molecule has 1 heteroatoms. The highest BCUT2D eigenvalue weighted by Crippen LogP contribution is 2.40. The van der Waals surface area contributed by atoms with Crippen LogP contribution in [0, 0.1) is 0 Å². The third-order valence-corrected chi connectivity index (χ3v) is 4.19. The first-order chi connectivity index (χ1) is 12.3. The van der Waals surface area contributed by atoms with E-state index in [1.165, 1.54) is 0 Å². The minimum atomic E-state index is 1.07. The van der Waals surface area contributed by atoms with Gasteiger partial charge in [-0.05, 0) is 34.9 Å². The zero-order chi connectivity index (χ0) is 17.6. The van der Waals surface area contributed by atoms with Crippen LogP contribution in [0.25, 0.3) is 18.2 Å². The van der Waals surface area contributed by atoms with Crippen molar-refractivity contribution in [3.05, 3.63) is 109 Å². The molecule has 0 heterocycles. The van der Waals surface area contributed by atoms with Crippen molar-refractivity contribution in [2.45, 2.75) is 0 Å². The normalized spacial score (nSPS) is 10.1. The molecule has 0 amide bonds. The predicted molar refractivity (Wildman–Crippen MR) is 111 cm³/mol. The van der Waals surface area contributed by atoms with Crippen molar-refractivity contribution in [1.82, 2.24) is 0 Å². The Morgan fingerprint density at radius 3 is 1.04 bits per heavy atom. The largest absolute Gasteiger partial charge is 0.309 e. The van der Waals surface area contributed by atoms with Crippen LogP contribution in [-0.2, 0) is 0 Å². The Labute approximate surface area is 149 Å².